The van der Waals surface area contributed by atoms with Gasteiger partial charge in [0.15, 0.2) is 18.2 Å². The fraction of sp³-hybridized carbons (Fsp3) is 0.533. The fourth-order valence-electron chi connectivity index (χ4n) is 2.34. The number of likely N-dealkylation sites (tertiary alicyclic amines) is 1. The number of aliphatic hydroxyl groups is 1. The second kappa shape index (κ2) is 6.39. The maximum absolute atomic E-state index is 13.4. The third-order valence-corrected chi connectivity index (χ3v) is 3.66. The number of carbonyl (C=O) groups is 1. The standard InChI is InChI=1S/C15H19F2NO3/c1-15(20)5-2-7-18(8-6-15)14(19)10-21-13-4-3-11(16)9-12(13)17/h3-4,9,20H,2,5-8,10H2,1H3. The minimum absolute atomic E-state index is 0.147. The molecular weight excluding hydrogens is 280 g/mol. The summed E-state index contributed by atoms with van der Waals surface area (Å²) in [4.78, 5) is 13.6. The Morgan fingerprint density at radius 3 is 2.86 bits per heavy atom. The lowest BCUT2D eigenvalue weighted by atomic mass is 9.98. The Balaban J connectivity index is 1.89. The van der Waals surface area contributed by atoms with Gasteiger partial charge in [0.05, 0.1) is 5.60 Å². The van der Waals surface area contributed by atoms with Crippen molar-refractivity contribution in [3.63, 3.8) is 0 Å². The monoisotopic (exact) mass is 299 g/mol. The maximum Gasteiger partial charge on any atom is 0.260 e. The fourth-order valence-corrected chi connectivity index (χ4v) is 2.34. The summed E-state index contributed by atoms with van der Waals surface area (Å²) in [6.45, 7) is 2.45. The van der Waals surface area contributed by atoms with Gasteiger partial charge in [-0.3, -0.25) is 4.79 Å². The Morgan fingerprint density at radius 1 is 1.38 bits per heavy atom. The summed E-state index contributed by atoms with van der Waals surface area (Å²) in [7, 11) is 0. The molecule has 1 aromatic rings. The van der Waals surface area contributed by atoms with Gasteiger partial charge in [0, 0.05) is 19.2 Å². The van der Waals surface area contributed by atoms with E-state index in [1.807, 2.05) is 0 Å². The first-order valence-corrected chi connectivity index (χ1v) is 6.95. The van der Waals surface area contributed by atoms with E-state index >= 15 is 0 Å². The van der Waals surface area contributed by atoms with E-state index in [-0.39, 0.29) is 18.3 Å². The zero-order valence-electron chi connectivity index (χ0n) is 11.9. The number of benzene rings is 1. The molecule has 1 amide bonds. The van der Waals surface area contributed by atoms with Crippen molar-refractivity contribution in [2.45, 2.75) is 31.8 Å². The molecule has 1 unspecified atom stereocenters. The van der Waals surface area contributed by atoms with Gasteiger partial charge in [-0.1, -0.05) is 0 Å². The lowest BCUT2D eigenvalue weighted by Crippen LogP contribution is -2.36. The normalized spacial score (nSPS) is 22.8. The Hall–Kier alpha value is -1.69. The summed E-state index contributed by atoms with van der Waals surface area (Å²) in [6, 6.07) is 2.94. The summed E-state index contributed by atoms with van der Waals surface area (Å²) in [5.74, 6) is -1.94. The molecule has 1 atom stereocenters. The molecule has 21 heavy (non-hydrogen) atoms. The molecule has 2 rings (SSSR count). The first kappa shape index (κ1) is 15.7. The molecule has 1 N–H and O–H groups in total. The van der Waals surface area contributed by atoms with Crippen LogP contribution in [0.15, 0.2) is 18.2 Å². The highest BCUT2D eigenvalue weighted by atomic mass is 19.1. The predicted octanol–water partition coefficient (Wildman–Crippen LogP) is 2.11. The van der Waals surface area contributed by atoms with Crippen LogP contribution in [-0.4, -0.2) is 41.2 Å². The van der Waals surface area contributed by atoms with E-state index in [4.69, 9.17) is 4.74 Å². The van der Waals surface area contributed by atoms with Gasteiger partial charge >= 0.3 is 0 Å². The zero-order chi connectivity index (χ0) is 15.5. The van der Waals surface area contributed by atoms with Crippen LogP contribution in [0.2, 0.25) is 0 Å². The third-order valence-electron chi connectivity index (χ3n) is 3.66. The van der Waals surface area contributed by atoms with E-state index < -0.39 is 17.2 Å². The van der Waals surface area contributed by atoms with Crippen LogP contribution in [0, 0.1) is 11.6 Å². The number of rotatable bonds is 3. The van der Waals surface area contributed by atoms with Crippen molar-refractivity contribution < 1.29 is 23.4 Å². The molecule has 6 heteroatoms. The topological polar surface area (TPSA) is 49.8 Å². The quantitative estimate of drug-likeness (QED) is 0.930. The molecule has 0 aliphatic carbocycles. The van der Waals surface area contributed by atoms with Crippen molar-refractivity contribution in [1.29, 1.82) is 0 Å². The van der Waals surface area contributed by atoms with Crippen molar-refractivity contribution in [1.82, 2.24) is 4.90 Å². The van der Waals surface area contributed by atoms with E-state index in [9.17, 15) is 18.7 Å². The summed E-state index contributed by atoms with van der Waals surface area (Å²) in [5, 5.41) is 9.97. The van der Waals surface area contributed by atoms with Gasteiger partial charge in [-0.25, -0.2) is 8.78 Å². The molecule has 1 saturated heterocycles. The second-order valence-corrected chi connectivity index (χ2v) is 5.59. The highest BCUT2D eigenvalue weighted by Crippen LogP contribution is 2.22. The minimum atomic E-state index is -0.832. The maximum atomic E-state index is 13.4. The number of ether oxygens (including phenoxy) is 1. The number of hydrogen-bond donors (Lipinski definition) is 1. The van der Waals surface area contributed by atoms with Gasteiger partial charge in [0.1, 0.15) is 5.82 Å². The van der Waals surface area contributed by atoms with Gasteiger partial charge in [-0.05, 0) is 38.3 Å². The Kier molecular flexibility index (Phi) is 4.77. The largest absolute Gasteiger partial charge is 0.481 e. The lowest BCUT2D eigenvalue weighted by molar-refractivity contribution is -0.133. The van der Waals surface area contributed by atoms with Gasteiger partial charge < -0.3 is 14.7 Å². The SMILES string of the molecule is CC1(O)CCCN(C(=O)COc2ccc(F)cc2F)CC1. The minimum Gasteiger partial charge on any atom is -0.481 e. The smallest absolute Gasteiger partial charge is 0.260 e. The number of nitrogens with zero attached hydrogens (tertiary/aromatic N) is 1. The van der Waals surface area contributed by atoms with Crippen molar-refractivity contribution in [3.8, 4) is 5.75 Å². The summed E-state index contributed by atoms with van der Waals surface area (Å²) >= 11 is 0. The molecule has 1 fully saturated rings. The van der Waals surface area contributed by atoms with E-state index in [0.29, 0.717) is 38.4 Å². The predicted molar refractivity (Wildman–Crippen MR) is 72.9 cm³/mol. The molecule has 0 bridgehead atoms. The Morgan fingerprint density at radius 2 is 2.14 bits per heavy atom. The lowest BCUT2D eigenvalue weighted by Gasteiger charge is -2.22. The number of amides is 1. The van der Waals surface area contributed by atoms with Crippen molar-refractivity contribution in [2.75, 3.05) is 19.7 Å². The number of hydrogen-bond acceptors (Lipinski definition) is 3. The van der Waals surface area contributed by atoms with Gasteiger partial charge in [-0.2, -0.15) is 0 Å². The number of carbonyl (C=O) groups excluding carboxylic acids is 1. The summed E-state index contributed by atoms with van der Waals surface area (Å²) in [5.41, 5.74) is -0.751. The molecule has 1 aliphatic rings. The molecule has 1 aromatic carbocycles. The van der Waals surface area contributed by atoms with Crippen LogP contribution in [0.5, 0.6) is 5.75 Å². The van der Waals surface area contributed by atoms with Crippen LogP contribution < -0.4 is 4.74 Å². The highest BCUT2D eigenvalue weighted by Gasteiger charge is 2.27. The van der Waals surface area contributed by atoms with Gasteiger partial charge in [0.25, 0.3) is 5.91 Å². The van der Waals surface area contributed by atoms with Crippen molar-refractivity contribution >= 4 is 5.91 Å². The van der Waals surface area contributed by atoms with Crippen molar-refractivity contribution in [3.05, 3.63) is 29.8 Å². The molecular formula is C15H19F2NO3. The van der Waals surface area contributed by atoms with Crippen LogP contribution in [0.1, 0.15) is 26.2 Å². The highest BCUT2D eigenvalue weighted by molar-refractivity contribution is 5.77. The Labute approximate surface area is 122 Å². The first-order valence-electron chi connectivity index (χ1n) is 6.95. The van der Waals surface area contributed by atoms with E-state index in [1.165, 1.54) is 0 Å². The van der Waals surface area contributed by atoms with Crippen LogP contribution in [0.25, 0.3) is 0 Å². The van der Waals surface area contributed by atoms with Crippen molar-refractivity contribution in [2.24, 2.45) is 0 Å². The Bertz CT molecular complexity index is 520. The molecule has 0 radical (unpaired) electrons. The van der Waals surface area contributed by atoms with Crippen LogP contribution in [-0.2, 0) is 4.79 Å². The van der Waals surface area contributed by atoms with Crippen LogP contribution in [0.4, 0.5) is 8.78 Å². The van der Waals surface area contributed by atoms with E-state index in [0.717, 1.165) is 12.1 Å². The number of halogens is 2. The summed E-state index contributed by atoms with van der Waals surface area (Å²) < 4.78 is 31.3. The third kappa shape index (κ3) is 4.39. The molecule has 0 saturated carbocycles. The van der Waals surface area contributed by atoms with Crippen LogP contribution in [0.3, 0.4) is 0 Å². The molecule has 0 aromatic heterocycles. The van der Waals surface area contributed by atoms with Gasteiger partial charge in [-0.15, -0.1) is 0 Å². The second-order valence-electron chi connectivity index (χ2n) is 5.59. The molecule has 1 heterocycles. The molecule has 0 spiro atoms. The zero-order valence-corrected chi connectivity index (χ0v) is 11.9. The van der Waals surface area contributed by atoms with Crippen LogP contribution >= 0.6 is 0 Å². The average molecular weight is 299 g/mol. The molecule has 4 nitrogen and oxygen atoms in total. The van der Waals surface area contributed by atoms with E-state index in [1.54, 1.807) is 11.8 Å². The molecule has 1 aliphatic heterocycles. The average Bonchev–Trinajstić information content (AvgIpc) is 2.58. The van der Waals surface area contributed by atoms with Gasteiger partial charge in [0.2, 0.25) is 0 Å². The van der Waals surface area contributed by atoms with E-state index in [2.05, 4.69) is 0 Å². The summed E-state index contributed by atoms with van der Waals surface area (Å²) in [6.07, 6.45) is 1.86. The molecule has 116 valence electrons. The first-order chi connectivity index (χ1) is 9.87.